The highest BCUT2D eigenvalue weighted by Gasteiger charge is 2.34. The second-order valence-corrected chi connectivity index (χ2v) is 7.05. The first kappa shape index (κ1) is 12.9. The third-order valence-corrected chi connectivity index (χ3v) is 5.98. The van der Waals surface area contributed by atoms with Gasteiger partial charge in [0.15, 0.2) is 10.9 Å². The topological polar surface area (TPSA) is 56.5 Å². The Labute approximate surface area is 115 Å². The molecule has 0 amide bonds. The molecule has 2 aliphatic rings. The van der Waals surface area contributed by atoms with Crippen LogP contribution in [0, 0.1) is 5.92 Å². The Kier molecular flexibility index (Phi) is 3.70. The molecule has 0 radical (unpaired) electrons. The maximum absolute atomic E-state index is 12.8. The lowest BCUT2D eigenvalue weighted by molar-refractivity contribution is -0.115. The van der Waals surface area contributed by atoms with Crippen LogP contribution in [0.2, 0.25) is 0 Å². The second kappa shape index (κ2) is 5.46. The molecule has 0 N–H and O–H groups in total. The number of ether oxygens (including phenoxy) is 1. The lowest BCUT2D eigenvalue weighted by Crippen LogP contribution is -2.23. The fourth-order valence-electron chi connectivity index (χ4n) is 2.80. The Bertz CT molecular complexity index is 506. The molecule has 1 unspecified atom stereocenters. The maximum Gasteiger partial charge on any atom is 0.194 e. The number of methoxy groups -OCH3 is 1. The van der Waals surface area contributed by atoms with E-state index in [-0.39, 0.29) is 5.92 Å². The minimum atomic E-state index is -1.04. The monoisotopic (exact) mass is 281 g/mol. The van der Waals surface area contributed by atoms with Crippen molar-refractivity contribution in [3.05, 3.63) is 12.5 Å². The molecule has 1 aliphatic heterocycles. The van der Waals surface area contributed by atoms with Crippen LogP contribution in [0.1, 0.15) is 32.1 Å². The van der Waals surface area contributed by atoms with E-state index >= 15 is 0 Å². The Hall–Kier alpha value is -1.14. The lowest BCUT2D eigenvalue weighted by atomic mass is 9.90. The van der Waals surface area contributed by atoms with Gasteiger partial charge in [0.2, 0.25) is 0 Å². The summed E-state index contributed by atoms with van der Waals surface area (Å²) in [4.78, 5) is 21.4. The zero-order valence-electron chi connectivity index (χ0n) is 11.1. The molecule has 1 fully saturated rings. The molecule has 0 spiro atoms. The fourth-order valence-corrected chi connectivity index (χ4v) is 5.03. The molecule has 6 heteroatoms. The molecule has 0 bridgehead atoms. The summed E-state index contributed by atoms with van der Waals surface area (Å²) in [7, 11) is 1.65. The summed E-state index contributed by atoms with van der Waals surface area (Å²) in [5, 5.41) is 1.23. The van der Waals surface area contributed by atoms with E-state index in [1.54, 1.807) is 19.6 Å². The Morgan fingerprint density at radius 3 is 3.00 bits per heavy atom. The third kappa shape index (κ3) is 2.34. The number of imidazole rings is 1. The molecule has 1 aromatic heterocycles. The van der Waals surface area contributed by atoms with Gasteiger partial charge in [0.05, 0.1) is 12.8 Å². The normalized spacial score (nSPS) is 25.1. The summed E-state index contributed by atoms with van der Waals surface area (Å²) in [5.41, 5.74) is 0. The van der Waals surface area contributed by atoms with Crippen molar-refractivity contribution in [2.75, 3.05) is 13.7 Å². The maximum atomic E-state index is 12.8. The van der Waals surface area contributed by atoms with Crippen molar-refractivity contribution in [2.45, 2.75) is 32.1 Å². The van der Waals surface area contributed by atoms with Crippen LogP contribution in [-0.2, 0) is 9.53 Å². The number of carbonyl (C=O) groups is 1. The molecule has 1 atom stereocenters. The molecule has 0 aromatic carbocycles. The zero-order valence-corrected chi connectivity index (χ0v) is 12.0. The van der Waals surface area contributed by atoms with Crippen LogP contribution < -0.4 is 0 Å². The van der Waals surface area contributed by atoms with E-state index in [1.165, 1.54) is 19.3 Å². The number of thiol groups is 1. The van der Waals surface area contributed by atoms with Crippen LogP contribution in [0.5, 0.6) is 0 Å². The number of nitrogens with zero attached hydrogens (tertiary/aromatic N) is 3. The molecule has 1 aliphatic carbocycles. The first-order valence-corrected chi connectivity index (χ1v) is 8.04. The third-order valence-electron chi connectivity index (χ3n) is 3.74. The van der Waals surface area contributed by atoms with Gasteiger partial charge in [-0.3, -0.25) is 8.77 Å². The zero-order chi connectivity index (χ0) is 13.2. The number of rotatable bonds is 3. The van der Waals surface area contributed by atoms with Crippen molar-refractivity contribution >= 4 is 27.1 Å². The lowest BCUT2D eigenvalue weighted by Gasteiger charge is -2.26. The van der Waals surface area contributed by atoms with Crippen molar-refractivity contribution < 1.29 is 9.53 Å². The number of carbonyl (C=O) groups excluding carboxylic acids is 1. The van der Waals surface area contributed by atoms with Crippen molar-refractivity contribution in [1.29, 1.82) is 0 Å². The first-order valence-electron chi connectivity index (χ1n) is 6.74. The molecule has 0 saturated heterocycles. The van der Waals surface area contributed by atoms with Gasteiger partial charge in [-0.15, -0.1) is 0 Å². The number of aliphatic imine (C=N–C) groups is 1. The molecule has 19 heavy (non-hydrogen) atoms. The highest BCUT2D eigenvalue weighted by atomic mass is 32.2. The predicted molar refractivity (Wildman–Crippen MR) is 77.2 cm³/mol. The summed E-state index contributed by atoms with van der Waals surface area (Å²) in [5.74, 6) is 0.998. The van der Waals surface area contributed by atoms with Crippen LogP contribution in [-0.4, -0.2) is 32.8 Å². The standard InChI is InChI=1S/C13H19N3O2S/c1-18-8-12-15-11-7-14-9-16(11)19(12)13(17)10-5-3-2-4-6-10/h7,9-10,19H,2-6,8H2,1H3. The van der Waals surface area contributed by atoms with E-state index in [9.17, 15) is 4.79 Å². The van der Waals surface area contributed by atoms with Crippen LogP contribution >= 0.6 is 11.1 Å². The van der Waals surface area contributed by atoms with Crippen LogP contribution in [0.4, 0.5) is 5.82 Å². The summed E-state index contributed by atoms with van der Waals surface area (Å²) in [6.07, 6.45) is 9.11. The van der Waals surface area contributed by atoms with Crippen LogP contribution in [0.15, 0.2) is 17.5 Å². The van der Waals surface area contributed by atoms with Gasteiger partial charge in [0.25, 0.3) is 0 Å². The Morgan fingerprint density at radius 2 is 2.26 bits per heavy atom. The van der Waals surface area contributed by atoms with Gasteiger partial charge in [0.1, 0.15) is 11.4 Å². The summed E-state index contributed by atoms with van der Waals surface area (Å²) < 4.78 is 7.14. The number of hydrogen-bond acceptors (Lipinski definition) is 4. The number of hydrogen-bond donors (Lipinski definition) is 1. The smallest absolute Gasteiger partial charge is 0.194 e. The molecule has 1 aromatic rings. The van der Waals surface area contributed by atoms with Gasteiger partial charge in [-0.05, 0) is 12.8 Å². The minimum absolute atomic E-state index is 0.204. The van der Waals surface area contributed by atoms with Gasteiger partial charge >= 0.3 is 0 Å². The van der Waals surface area contributed by atoms with Gasteiger partial charge < -0.3 is 4.74 Å². The Morgan fingerprint density at radius 1 is 1.47 bits per heavy atom. The fraction of sp³-hybridized carbons (Fsp3) is 0.615. The number of fused-ring (bicyclic) bond motifs is 1. The van der Waals surface area contributed by atoms with E-state index in [0.29, 0.717) is 11.7 Å². The molecule has 1 saturated carbocycles. The van der Waals surface area contributed by atoms with Crippen molar-refractivity contribution in [3.63, 3.8) is 0 Å². The quantitative estimate of drug-likeness (QED) is 0.866. The van der Waals surface area contributed by atoms with E-state index in [1.807, 2.05) is 3.97 Å². The van der Waals surface area contributed by atoms with Gasteiger partial charge in [0, 0.05) is 13.0 Å². The SMILES string of the molecule is COCC1=Nc2cncn2[SH]1C(=O)C1CCCCC1. The van der Waals surface area contributed by atoms with E-state index in [4.69, 9.17) is 4.74 Å². The molecular formula is C13H19N3O2S. The summed E-state index contributed by atoms with van der Waals surface area (Å²) in [6, 6.07) is 0. The van der Waals surface area contributed by atoms with Gasteiger partial charge in [-0.1, -0.05) is 30.3 Å². The highest BCUT2D eigenvalue weighted by molar-refractivity contribution is 8.40. The van der Waals surface area contributed by atoms with Gasteiger partial charge in [-0.25, -0.2) is 9.98 Å². The van der Waals surface area contributed by atoms with Gasteiger partial charge in [-0.2, -0.15) is 0 Å². The molecule has 5 nitrogen and oxygen atoms in total. The largest absolute Gasteiger partial charge is 0.378 e. The van der Waals surface area contributed by atoms with Crippen LogP contribution in [0.3, 0.4) is 0 Å². The second-order valence-electron chi connectivity index (χ2n) is 5.04. The average Bonchev–Trinajstić information content (AvgIpc) is 3.00. The highest BCUT2D eigenvalue weighted by Crippen LogP contribution is 2.45. The summed E-state index contributed by atoms with van der Waals surface area (Å²) in [6.45, 7) is 0.436. The molecule has 2 heterocycles. The Balaban J connectivity index is 1.85. The minimum Gasteiger partial charge on any atom is -0.378 e. The van der Waals surface area contributed by atoms with E-state index in [2.05, 4.69) is 9.98 Å². The van der Waals surface area contributed by atoms with Crippen molar-refractivity contribution in [3.8, 4) is 0 Å². The van der Waals surface area contributed by atoms with Crippen molar-refractivity contribution in [1.82, 2.24) is 8.96 Å². The average molecular weight is 281 g/mol. The van der Waals surface area contributed by atoms with E-state index < -0.39 is 11.1 Å². The van der Waals surface area contributed by atoms with Crippen LogP contribution in [0.25, 0.3) is 0 Å². The molecule has 3 rings (SSSR count). The number of aromatic nitrogens is 2. The van der Waals surface area contributed by atoms with Crippen molar-refractivity contribution in [2.24, 2.45) is 10.9 Å². The predicted octanol–water partition coefficient (Wildman–Crippen LogP) is 2.44. The molecule has 104 valence electrons. The summed E-state index contributed by atoms with van der Waals surface area (Å²) >= 11 is -1.04. The molecular weight excluding hydrogens is 262 g/mol. The van der Waals surface area contributed by atoms with E-state index in [0.717, 1.165) is 23.7 Å². The first-order chi connectivity index (χ1) is 9.31.